The molecule has 3 aromatic rings. The Morgan fingerprint density at radius 2 is 1.63 bits per heavy atom. The van der Waals surface area contributed by atoms with Gasteiger partial charge in [0.2, 0.25) is 5.91 Å². The van der Waals surface area contributed by atoms with Crippen molar-refractivity contribution >= 4 is 11.8 Å². The van der Waals surface area contributed by atoms with Crippen LogP contribution in [0.2, 0.25) is 0 Å². The molecule has 35 heavy (non-hydrogen) atoms. The third kappa shape index (κ3) is 8.41. The van der Waals surface area contributed by atoms with Gasteiger partial charge in [0.25, 0.3) is 5.91 Å². The number of furan rings is 1. The lowest BCUT2D eigenvalue weighted by atomic mass is 10.1. The number of hydrogen-bond donors (Lipinski definition) is 0. The second-order valence-electron chi connectivity index (χ2n) is 8.71. The first-order valence-corrected chi connectivity index (χ1v) is 12.3. The molecule has 0 fully saturated rings. The van der Waals surface area contributed by atoms with E-state index >= 15 is 0 Å². The molecule has 0 N–H and O–H groups in total. The molecule has 2 aromatic carbocycles. The van der Waals surface area contributed by atoms with Crippen molar-refractivity contribution < 1.29 is 18.7 Å². The molecular weight excluding hydrogens is 440 g/mol. The summed E-state index contributed by atoms with van der Waals surface area (Å²) in [5.41, 5.74) is 2.82. The number of amides is 2. The van der Waals surface area contributed by atoms with Crippen LogP contribution in [0.15, 0.2) is 71.1 Å². The summed E-state index contributed by atoms with van der Waals surface area (Å²) in [7, 11) is 0. The highest BCUT2D eigenvalue weighted by molar-refractivity contribution is 5.96. The van der Waals surface area contributed by atoms with E-state index in [9.17, 15) is 9.59 Å². The van der Waals surface area contributed by atoms with Crippen LogP contribution in [0.5, 0.6) is 0 Å². The zero-order chi connectivity index (χ0) is 25.0. The number of benzene rings is 2. The van der Waals surface area contributed by atoms with Crippen molar-refractivity contribution in [3.63, 3.8) is 0 Å². The number of carbonyl (C=O) groups is 2. The Morgan fingerprint density at radius 1 is 0.886 bits per heavy atom. The fourth-order valence-electron chi connectivity index (χ4n) is 3.86. The highest BCUT2D eigenvalue weighted by Crippen LogP contribution is 2.13. The van der Waals surface area contributed by atoms with E-state index in [0.29, 0.717) is 44.8 Å². The van der Waals surface area contributed by atoms with Gasteiger partial charge in [0, 0.05) is 31.9 Å². The van der Waals surface area contributed by atoms with Crippen LogP contribution in [0.1, 0.15) is 46.3 Å². The average Bonchev–Trinajstić information content (AvgIpc) is 3.28. The van der Waals surface area contributed by atoms with Gasteiger partial charge in [-0.2, -0.15) is 0 Å². The lowest BCUT2D eigenvalue weighted by Crippen LogP contribution is -2.44. The van der Waals surface area contributed by atoms with E-state index in [-0.39, 0.29) is 18.4 Å². The summed E-state index contributed by atoms with van der Waals surface area (Å²) in [4.78, 5) is 30.3. The lowest BCUT2D eigenvalue weighted by molar-refractivity contribution is -0.132. The van der Waals surface area contributed by atoms with Crippen molar-refractivity contribution in [3.8, 4) is 0 Å². The molecule has 6 nitrogen and oxygen atoms in total. The molecule has 0 aliphatic heterocycles. The Hall–Kier alpha value is -3.38. The normalized spacial score (nSPS) is 10.8. The molecule has 0 saturated carbocycles. The Kier molecular flexibility index (Phi) is 10.1. The molecule has 3 rings (SSSR count). The maximum atomic E-state index is 13.5. The molecule has 0 saturated heterocycles. The molecule has 1 aromatic heterocycles. The predicted molar refractivity (Wildman–Crippen MR) is 137 cm³/mol. The first kappa shape index (κ1) is 26.2. The number of nitrogens with zero attached hydrogens (tertiary/aromatic N) is 2. The number of hydrogen-bond acceptors (Lipinski definition) is 4. The molecule has 0 atom stereocenters. The number of rotatable bonds is 13. The number of carbonyl (C=O) groups excluding carboxylic acids is 2. The Bertz CT molecular complexity index is 1060. The van der Waals surface area contributed by atoms with Gasteiger partial charge in [-0.3, -0.25) is 9.59 Å². The highest BCUT2D eigenvalue weighted by atomic mass is 16.5. The molecule has 0 spiro atoms. The van der Waals surface area contributed by atoms with Crippen LogP contribution < -0.4 is 0 Å². The minimum atomic E-state index is -0.147. The van der Waals surface area contributed by atoms with Crippen molar-refractivity contribution in [3.05, 3.63) is 94.9 Å². The summed E-state index contributed by atoms with van der Waals surface area (Å²) >= 11 is 0. The molecule has 0 aliphatic carbocycles. The van der Waals surface area contributed by atoms with Crippen LogP contribution in [-0.4, -0.2) is 54.5 Å². The first-order chi connectivity index (χ1) is 17.0. The Labute approximate surface area is 208 Å². The summed E-state index contributed by atoms with van der Waals surface area (Å²) in [6.45, 7) is 8.35. The van der Waals surface area contributed by atoms with E-state index in [0.717, 1.165) is 29.1 Å². The maximum absolute atomic E-state index is 13.5. The summed E-state index contributed by atoms with van der Waals surface area (Å²) in [6.07, 6.45) is 1.39. The molecule has 0 bridgehead atoms. The SMILES string of the molecule is CCOCCCN(CC(=O)N(CCc1ccccc1)Cc1ccc(C)o1)C(=O)c1ccc(C)cc1. The average molecular weight is 477 g/mol. The van der Waals surface area contributed by atoms with Crippen molar-refractivity contribution in [1.29, 1.82) is 0 Å². The van der Waals surface area contributed by atoms with Gasteiger partial charge in [-0.05, 0) is 63.4 Å². The van der Waals surface area contributed by atoms with E-state index in [4.69, 9.17) is 9.15 Å². The quantitative estimate of drug-likeness (QED) is 0.324. The third-order valence-corrected chi connectivity index (χ3v) is 5.84. The predicted octanol–water partition coefficient (Wildman–Crippen LogP) is 5.04. The fourth-order valence-corrected chi connectivity index (χ4v) is 3.86. The van der Waals surface area contributed by atoms with Crippen molar-refractivity contribution in [2.45, 2.75) is 40.2 Å². The molecule has 1 heterocycles. The summed E-state index contributed by atoms with van der Waals surface area (Å²) < 4.78 is 11.2. The highest BCUT2D eigenvalue weighted by Gasteiger charge is 2.23. The van der Waals surface area contributed by atoms with Crippen LogP contribution in [0.3, 0.4) is 0 Å². The number of aryl methyl sites for hydroxylation is 2. The van der Waals surface area contributed by atoms with Gasteiger partial charge < -0.3 is 19.0 Å². The van der Waals surface area contributed by atoms with Crippen molar-refractivity contribution in [2.24, 2.45) is 0 Å². The van der Waals surface area contributed by atoms with E-state index < -0.39 is 0 Å². The Morgan fingerprint density at radius 3 is 2.29 bits per heavy atom. The second kappa shape index (κ2) is 13.5. The summed E-state index contributed by atoms with van der Waals surface area (Å²) in [6, 6.07) is 21.3. The van der Waals surface area contributed by atoms with Gasteiger partial charge in [0.15, 0.2) is 0 Å². The van der Waals surface area contributed by atoms with Crippen LogP contribution in [-0.2, 0) is 22.5 Å². The zero-order valence-electron chi connectivity index (χ0n) is 21.0. The molecule has 2 amide bonds. The maximum Gasteiger partial charge on any atom is 0.254 e. The Balaban J connectivity index is 1.75. The van der Waals surface area contributed by atoms with E-state index in [1.165, 1.54) is 0 Å². The van der Waals surface area contributed by atoms with Gasteiger partial charge in [-0.25, -0.2) is 0 Å². The van der Waals surface area contributed by atoms with Gasteiger partial charge in [0.05, 0.1) is 6.54 Å². The monoisotopic (exact) mass is 476 g/mol. The van der Waals surface area contributed by atoms with Gasteiger partial charge in [0.1, 0.15) is 18.1 Å². The largest absolute Gasteiger partial charge is 0.464 e. The number of ether oxygens (including phenoxy) is 1. The van der Waals surface area contributed by atoms with Gasteiger partial charge >= 0.3 is 0 Å². The van der Waals surface area contributed by atoms with Crippen LogP contribution >= 0.6 is 0 Å². The van der Waals surface area contributed by atoms with E-state index in [1.807, 2.05) is 75.4 Å². The van der Waals surface area contributed by atoms with E-state index in [2.05, 4.69) is 12.1 Å². The summed E-state index contributed by atoms with van der Waals surface area (Å²) in [5.74, 6) is 1.29. The molecule has 0 radical (unpaired) electrons. The minimum absolute atomic E-state index is 0.00726. The fraction of sp³-hybridized carbons (Fsp3) is 0.379. The molecule has 186 valence electrons. The lowest BCUT2D eigenvalue weighted by Gasteiger charge is -2.27. The minimum Gasteiger partial charge on any atom is -0.464 e. The topological polar surface area (TPSA) is 63.0 Å². The third-order valence-electron chi connectivity index (χ3n) is 5.84. The smallest absolute Gasteiger partial charge is 0.254 e. The summed E-state index contributed by atoms with van der Waals surface area (Å²) in [5, 5.41) is 0. The second-order valence-corrected chi connectivity index (χ2v) is 8.71. The zero-order valence-corrected chi connectivity index (χ0v) is 21.0. The van der Waals surface area contributed by atoms with E-state index in [1.54, 1.807) is 9.80 Å². The molecule has 0 aliphatic rings. The molecular formula is C29H36N2O4. The standard InChI is InChI=1S/C29H36N2O4/c1-4-34-20-8-18-31(29(33)26-14-11-23(2)12-15-26)22-28(32)30(21-27-16-13-24(3)35-27)19-17-25-9-6-5-7-10-25/h5-7,9-16H,4,8,17-22H2,1-3H3. The van der Waals surface area contributed by atoms with Gasteiger partial charge in [-0.1, -0.05) is 48.0 Å². The van der Waals surface area contributed by atoms with Gasteiger partial charge in [-0.15, -0.1) is 0 Å². The van der Waals surface area contributed by atoms with Crippen molar-refractivity contribution in [2.75, 3.05) is 32.8 Å². The van der Waals surface area contributed by atoms with Crippen LogP contribution in [0.4, 0.5) is 0 Å². The van der Waals surface area contributed by atoms with Crippen LogP contribution in [0.25, 0.3) is 0 Å². The van der Waals surface area contributed by atoms with Crippen LogP contribution in [0, 0.1) is 13.8 Å². The molecule has 6 heteroatoms. The molecule has 0 unspecified atom stereocenters. The van der Waals surface area contributed by atoms with Crippen molar-refractivity contribution in [1.82, 2.24) is 9.80 Å². The first-order valence-electron chi connectivity index (χ1n) is 12.3.